The molecule has 1 aliphatic heterocycles. The first kappa shape index (κ1) is 22.7. The summed E-state index contributed by atoms with van der Waals surface area (Å²) < 4.78 is 0. The van der Waals surface area contributed by atoms with E-state index in [2.05, 4.69) is 22.2 Å². The molecule has 0 unspecified atom stereocenters. The molecule has 1 fully saturated rings. The zero-order valence-corrected chi connectivity index (χ0v) is 18.0. The van der Waals surface area contributed by atoms with Gasteiger partial charge in [0.2, 0.25) is 11.8 Å². The number of hydrogen-bond acceptors (Lipinski definition) is 5. The standard InChI is InChI=1S/C24H30N4O3/c1-26-14-16-27(17-15-26)19-24(31)28(21-7-3-2-4-8-21)22-12-10-20(11-13-22)25-23(30)9-5-6-18-29/h2-4,7-8,10-13,18H,5-6,9,14-17,19H2,1H3,(H,25,30). The van der Waals surface area contributed by atoms with Crippen LogP contribution < -0.4 is 10.2 Å². The molecule has 1 saturated heterocycles. The third-order valence-electron chi connectivity index (χ3n) is 5.35. The maximum absolute atomic E-state index is 13.3. The molecule has 0 atom stereocenters. The summed E-state index contributed by atoms with van der Waals surface area (Å²) in [5.74, 6) is -0.109. The second-order valence-electron chi connectivity index (χ2n) is 7.80. The zero-order valence-electron chi connectivity index (χ0n) is 18.0. The van der Waals surface area contributed by atoms with Gasteiger partial charge in [0.15, 0.2) is 0 Å². The van der Waals surface area contributed by atoms with Crippen molar-refractivity contribution in [2.75, 3.05) is 50.0 Å². The lowest BCUT2D eigenvalue weighted by molar-refractivity contribution is -0.119. The molecule has 31 heavy (non-hydrogen) atoms. The Morgan fingerprint density at radius 3 is 2.26 bits per heavy atom. The maximum Gasteiger partial charge on any atom is 0.245 e. The first-order valence-electron chi connectivity index (χ1n) is 10.7. The van der Waals surface area contributed by atoms with Gasteiger partial charge in [-0.15, -0.1) is 0 Å². The molecule has 0 bridgehead atoms. The topological polar surface area (TPSA) is 73.0 Å². The van der Waals surface area contributed by atoms with Crippen LogP contribution in [0.3, 0.4) is 0 Å². The average molecular weight is 423 g/mol. The number of likely N-dealkylation sites (N-methyl/N-ethyl adjacent to an activating group) is 1. The van der Waals surface area contributed by atoms with E-state index < -0.39 is 0 Å². The fraction of sp³-hybridized carbons (Fsp3) is 0.375. The first-order valence-corrected chi connectivity index (χ1v) is 10.7. The number of carbonyl (C=O) groups excluding carboxylic acids is 3. The molecule has 1 aliphatic rings. The van der Waals surface area contributed by atoms with Gasteiger partial charge in [-0.05, 0) is 49.9 Å². The highest BCUT2D eigenvalue weighted by molar-refractivity contribution is 6.02. The van der Waals surface area contributed by atoms with Crippen molar-refractivity contribution < 1.29 is 14.4 Å². The molecular formula is C24H30N4O3. The number of benzene rings is 2. The Balaban J connectivity index is 1.71. The molecule has 0 radical (unpaired) electrons. The molecule has 7 heteroatoms. The molecule has 164 valence electrons. The number of amides is 2. The summed E-state index contributed by atoms with van der Waals surface area (Å²) in [4.78, 5) is 41.8. The highest BCUT2D eigenvalue weighted by atomic mass is 16.2. The number of aldehydes is 1. The van der Waals surface area contributed by atoms with E-state index in [1.807, 2.05) is 42.5 Å². The Hall–Kier alpha value is -3.03. The van der Waals surface area contributed by atoms with Gasteiger partial charge in [-0.1, -0.05) is 18.2 Å². The van der Waals surface area contributed by atoms with Crippen LogP contribution in [0.5, 0.6) is 0 Å². The lowest BCUT2D eigenvalue weighted by Crippen LogP contribution is -2.48. The van der Waals surface area contributed by atoms with Crippen LogP contribution in [0.1, 0.15) is 19.3 Å². The van der Waals surface area contributed by atoms with Gasteiger partial charge in [-0.3, -0.25) is 19.4 Å². The number of rotatable bonds is 9. The summed E-state index contributed by atoms with van der Waals surface area (Å²) in [7, 11) is 2.10. The summed E-state index contributed by atoms with van der Waals surface area (Å²) in [5.41, 5.74) is 2.23. The Labute approximate surface area is 183 Å². The van der Waals surface area contributed by atoms with E-state index in [-0.39, 0.29) is 11.8 Å². The molecule has 0 aliphatic carbocycles. The van der Waals surface area contributed by atoms with E-state index in [0.29, 0.717) is 31.5 Å². The van der Waals surface area contributed by atoms with Crippen LogP contribution >= 0.6 is 0 Å². The number of unbranched alkanes of at least 4 members (excludes halogenated alkanes) is 1. The van der Waals surface area contributed by atoms with E-state index in [4.69, 9.17) is 0 Å². The minimum atomic E-state index is -0.124. The van der Waals surface area contributed by atoms with Crippen molar-refractivity contribution in [2.24, 2.45) is 0 Å². The predicted molar refractivity (Wildman–Crippen MR) is 123 cm³/mol. The first-order chi connectivity index (χ1) is 15.1. The van der Waals surface area contributed by atoms with Crippen molar-refractivity contribution in [3.8, 4) is 0 Å². The van der Waals surface area contributed by atoms with E-state index in [9.17, 15) is 14.4 Å². The van der Waals surface area contributed by atoms with Crippen molar-refractivity contribution >= 4 is 35.2 Å². The number of carbonyl (C=O) groups is 3. The summed E-state index contributed by atoms with van der Waals surface area (Å²) in [6.45, 7) is 4.03. The highest BCUT2D eigenvalue weighted by Crippen LogP contribution is 2.27. The molecule has 0 aromatic heterocycles. The second kappa shape index (κ2) is 11.4. The quantitative estimate of drug-likeness (QED) is 0.497. The van der Waals surface area contributed by atoms with Crippen molar-refractivity contribution in [2.45, 2.75) is 19.3 Å². The molecule has 2 aromatic carbocycles. The van der Waals surface area contributed by atoms with Crippen molar-refractivity contribution in [3.63, 3.8) is 0 Å². The van der Waals surface area contributed by atoms with Crippen LogP contribution in [-0.4, -0.2) is 67.7 Å². The van der Waals surface area contributed by atoms with Crippen LogP contribution in [-0.2, 0) is 14.4 Å². The third kappa shape index (κ3) is 6.73. The summed E-state index contributed by atoms with van der Waals surface area (Å²) in [6, 6.07) is 16.9. The monoisotopic (exact) mass is 422 g/mol. The van der Waals surface area contributed by atoms with Crippen LogP contribution in [0, 0.1) is 0 Å². The fourth-order valence-electron chi connectivity index (χ4n) is 3.55. The Morgan fingerprint density at radius 2 is 1.61 bits per heavy atom. The van der Waals surface area contributed by atoms with E-state index >= 15 is 0 Å². The van der Waals surface area contributed by atoms with E-state index in [1.54, 1.807) is 17.0 Å². The van der Waals surface area contributed by atoms with Gasteiger partial charge in [0.25, 0.3) is 0 Å². The molecule has 1 heterocycles. The number of nitrogens with one attached hydrogen (secondary N) is 1. The lowest BCUT2D eigenvalue weighted by Gasteiger charge is -2.33. The summed E-state index contributed by atoms with van der Waals surface area (Å²) in [6.07, 6.45) is 2.04. The minimum absolute atomic E-state index is 0.0152. The molecule has 0 spiro atoms. The highest BCUT2D eigenvalue weighted by Gasteiger charge is 2.23. The number of nitrogens with zero attached hydrogens (tertiary/aromatic N) is 3. The van der Waals surface area contributed by atoms with E-state index in [1.165, 1.54) is 0 Å². The average Bonchev–Trinajstić information content (AvgIpc) is 2.78. The normalized spacial score (nSPS) is 14.7. The Bertz CT molecular complexity index is 862. The van der Waals surface area contributed by atoms with Gasteiger partial charge in [0.1, 0.15) is 6.29 Å². The summed E-state index contributed by atoms with van der Waals surface area (Å²) in [5, 5.41) is 2.83. The molecular weight excluding hydrogens is 392 g/mol. The van der Waals surface area contributed by atoms with Crippen molar-refractivity contribution in [1.82, 2.24) is 9.80 Å². The third-order valence-corrected chi connectivity index (χ3v) is 5.35. The van der Waals surface area contributed by atoms with Gasteiger partial charge in [-0.25, -0.2) is 0 Å². The predicted octanol–water partition coefficient (Wildman–Crippen LogP) is 2.91. The SMILES string of the molecule is CN1CCN(CC(=O)N(c2ccccc2)c2ccc(NC(=O)CCCC=O)cc2)CC1. The Kier molecular flexibility index (Phi) is 8.32. The van der Waals surface area contributed by atoms with Gasteiger partial charge in [-0.2, -0.15) is 0 Å². The van der Waals surface area contributed by atoms with Gasteiger partial charge in [0, 0.05) is 56.1 Å². The number of anilines is 3. The largest absolute Gasteiger partial charge is 0.326 e. The fourth-order valence-corrected chi connectivity index (χ4v) is 3.55. The Morgan fingerprint density at radius 1 is 0.968 bits per heavy atom. The van der Waals surface area contributed by atoms with Crippen LogP contribution in [0.2, 0.25) is 0 Å². The molecule has 1 N–H and O–H groups in total. The number of para-hydroxylation sites is 1. The van der Waals surface area contributed by atoms with Gasteiger partial charge >= 0.3 is 0 Å². The number of piperazine rings is 1. The molecule has 2 aromatic rings. The summed E-state index contributed by atoms with van der Waals surface area (Å²) >= 11 is 0. The second-order valence-corrected chi connectivity index (χ2v) is 7.80. The van der Waals surface area contributed by atoms with Gasteiger partial charge in [0.05, 0.1) is 6.54 Å². The van der Waals surface area contributed by atoms with Gasteiger partial charge < -0.3 is 15.0 Å². The molecule has 3 rings (SSSR count). The van der Waals surface area contributed by atoms with Crippen LogP contribution in [0.4, 0.5) is 17.1 Å². The molecule has 0 saturated carbocycles. The van der Waals surface area contributed by atoms with Crippen molar-refractivity contribution in [3.05, 3.63) is 54.6 Å². The van der Waals surface area contributed by atoms with Crippen LogP contribution in [0.25, 0.3) is 0 Å². The minimum Gasteiger partial charge on any atom is -0.326 e. The maximum atomic E-state index is 13.3. The molecule has 2 amide bonds. The smallest absolute Gasteiger partial charge is 0.245 e. The van der Waals surface area contributed by atoms with Crippen LogP contribution in [0.15, 0.2) is 54.6 Å². The molecule has 7 nitrogen and oxygen atoms in total. The zero-order chi connectivity index (χ0) is 22.1. The van der Waals surface area contributed by atoms with E-state index in [0.717, 1.165) is 43.8 Å². The number of hydrogen-bond donors (Lipinski definition) is 1. The lowest BCUT2D eigenvalue weighted by atomic mass is 10.2. The van der Waals surface area contributed by atoms with Crippen molar-refractivity contribution in [1.29, 1.82) is 0 Å².